The monoisotopic (exact) mass is 305 g/mol. The summed E-state index contributed by atoms with van der Waals surface area (Å²) in [6, 6.07) is 8.70. The van der Waals surface area contributed by atoms with Gasteiger partial charge in [-0.25, -0.2) is 0 Å². The second-order valence-corrected chi connectivity index (χ2v) is 16.8. The normalized spacial score (nSPS) is 31.7. The molecule has 0 aromatic carbocycles. The molecule has 1 amide bonds. The molecule has 0 radical (unpaired) electrons. The van der Waals surface area contributed by atoms with Crippen LogP contribution >= 0.6 is 0 Å². The van der Waals surface area contributed by atoms with Gasteiger partial charge >= 0.3 is 0 Å². The molecule has 2 fully saturated rings. The summed E-state index contributed by atoms with van der Waals surface area (Å²) in [5.74, 6) is 0.198. The van der Waals surface area contributed by atoms with Crippen molar-refractivity contribution in [2.45, 2.75) is 50.4 Å². The second kappa shape index (κ2) is 4.51. The molecule has 2 unspecified atom stereocenters. The average Bonchev–Trinajstić information content (AvgIpc) is 2.60. The lowest BCUT2D eigenvalue weighted by atomic mass is 9.96. The van der Waals surface area contributed by atoms with Crippen LogP contribution in [0.4, 0.5) is 0 Å². The maximum Gasteiger partial charge on any atom is 0.239 e. The van der Waals surface area contributed by atoms with Crippen molar-refractivity contribution in [3.8, 4) is 0 Å². The Morgan fingerprint density at radius 1 is 1.20 bits per heavy atom. The standard InChI is InChI=1S/C14H23N3OSi2/c1-19(2)9-10-20(3,4)17(19)13-12(16-14(13)18)11-7-5-6-8-15-11/h5-8,12-13H,9-10H2,1-4H3,(H,16,18). The molecular weight excluding hydrogens is 282 g/mol. The highest BCUT2D eigenvalue weighted by atomic mass is 28.4. The highest BCUT2D eigenvalue weighted by Crippen LogP contribution is 2.43. The Morgan fingerprint density at radius 2 is 1.85 bits per heavy atom. The van der Waals surface area contributed by atoms with Gasteiger partial charge in [0, 0.05) is 6.20 Å². The molecule has 1 aromatic rings. The fourth-order valence-electron chi connectivity index (χ4n) is 3.86. The Labute approximate surface area is 122 Å². The number of rotatable bonds is 2. The van der Waals surface area contributed by atoms with E-state index in [2.05, 4.69) is 40.7 Å². The minimum atomic E-state index is -1.45. The summed E-state index contributed by atoms with van der Waals surface area (Å²) in [5, 5.41) is 3.06. The van der Waals surface area contributed by atoms with Gasteiger partial charge in [0.15, 0.2) is 0 Å². The lowest BCUT2D eigenvalue weighted by Crippen LogP contribution is -2.72. The molecule has 6 heteroatoms. The van der Waals surface area contributed by atoms with Crippen LogP contribution in [0.15, 0.2) is 24.4 Å². The van der Waals surface area contributed by atoms with E-state index in [1.165, 1.54) is 12.1 Å². The van der Waals surface area contributed by atoms with Gasteiger partial charge in [-0.1, -0.05) is 32.3 Å². The third-order valence-electron chi connectivity index (χ3n) is 4.82. The minimum Gasteiger partial charge on any atom is -0.344 e. The molecule has 4 nitrogen and oxygen atoms in total. The van der Waals surface area contributed by atoms with E-state index >= 15 is 0 Å². The molecule has 2 aliphatic rings. The van der Waals surface area contributed by atoms with Gasteiger partial charge in [0.05, 0.1) is 11.7 Å². The molecule has 20 heavy (non-hydrogen) atoms. The van der Waals surface area contributed by atoms with Crippen molar-refractivity contribution >= 4 is 22.4 Å². The van der Waals surface area contributed by atoms with Crippen molar-refractivity contribution in [3.05, 3.63) is 30.1 Å². The van der Waals surface area contributed by atoms with Crippen LogP contribution in [0.1, 0.15) is 11.7 Å². The van der Waals surface area contributed by atoms with Crippen LogP contribution in [-0.4, -0.2) is 37.6 Å². The molecule has 2 saturated heterocycles. The van der Waals surface area contributed by atoms with Gasteiger partial charge in [-0.2, -0.15) is 0 Å². The number of pyridine rings is 1. The molecular formula is C14H23N3OSi2. The number of carbonyl (C=O) groups is 1. The molecule has 0 bridgehead atoms. The summed E-state index contributed by atoms with van der Waals surface area (Å²) in [6.45, 7) is 9.65. The van der Waals surface area contributed by atoms with Gasteiger partial charge in [-0.05, 0) is 24.2 Å². The van der Waals surface area contributed by atoms with Crippen molar-refractivity contribution in [2.75, 3.05) is 0 Å². The predicted molar refractivity (Wildman–Crippen MR) is 85.3 cm³/mol. The van der Waals surface area contributed by atoms with Gasteiger partial charge in [0.1, 0.15) is 22.5 Å². The summed E-state index contributed by atoms with van der Waals surface area (Å²) in [7, 11) is -2.90. The van der Waals surface area contributed by atoms with Crippen molar-refractivity contribution in [1.29, 1.82) is 0 Å². The van der Waals surface area contributed by atoms with Crippen LogP contribution in [0, 0.1) is 0 Å². The topological polar surface area (TPSA) is 45.2 Å². The molecule has 1 aromatic heterocycles. The van der Waals surface area contributed by atoms with Crippen LogP contribution in [-0.2, 0) is 4.79 Å². The third kappa shape index (κ3) is 2.06. The van der Waals surface area contributed by atoms with Crippen LogP contribution in [0.25, 0.3) is 0 Å². The quantitative estimate of drug-likeness (QED) is 0.674. The van der Waals surface area contributed by atoms with Gasteiger partial charge in [-0.15, -0.1) is 0 Å². The fraction of sp³-hybridized carbons (Fsp3) is 0.571. The SMILES string of the molecule is C[Si]1(C)CC[Si](C)(C)N1C1C(=O)NC1c1ccccn1. The van der Waals surface area contributed by atoms with Gasteiger partial charge in [0.25, 0.3) is 0 Å². The largest absolute Gasteiger partial charge is 0.344 e. The molecule has 3 heterocycles. The number of β-lactam (4-membered cyclic amide) rings is 1. The Kier molecular flexibility index (Phi) is 3.15. The van der Waals surface area contributed by atoms with Crippen molar-refractivity contribution in [3.63, 3.8) is 0 Å². The Bertz CT molecular complexity index is 516. The molecule has 0 spiro atoms. The summed E-state index contributed by atoms with van der Waals surface area (Å²) in [5.41, 5.74) is 0.999. The van der Waals surface area contributed by atoms with Gasteiger partial charge in [-0.3, -0.25) is 9.78 Å². The first-order valence-corrected chi connectivity index (χ1v) is 13.6. The first-order chi connectivity index (χ1) is 9.33. The van der Waals surface area contributed by atoms with E-state index in [0.717, 1.165) is 5.69 Å². The van der Waals surface area contributed by atoms with Crippen LogP contribution in [0.3, 0.4) is 0 Å². The molecule has 0 saturated carbocycles. The Morgan fingerprint density at radius 3 is 2.35 bits per heavy atom. The maximum absolute atomic E-state index is 12.2. The number of nitrogens with one attached hydrogen (secondary N) is 1. The lowest BCUT2D eigenvalue weighted by Gasteiger charge is -2.51. The number of aromatic nitrogens is 1. The van der Waals surface area contributed by atoms with E-state index < -0.39 is 16.5 Å². The second-order valence-electron chi connectivity index (χ2n) is 7.18. The van der Waals surface area contributed by atoms with E-state index in [1.54, 1.807) is 0 Å². The number of carbonyl (C=O) groups excluding carboxylic acids is 1. The van der Waals surface area contributed by atoms with E-state index in [4.69, 9.17) is 0 Å². The first-order valence-electron chi connectivity index (χ1n) is 7.34. The molecule has 108 valence electrons. The number of hydrogen-bond donors (Lipinski definition) is 1. The summed E-state index contributed by atoms with van der Waals surface area (Å²) < 4.78 is 2.68. The summed E-state index contributed by atoms with van der Waals surface area (Å²) in [6.07, 6.45) is 1.81. The predicted octanol–water partition coefficient (Wildman–Crippen LogP) is 2.35. The fourth-order valence-corrected chi connectivity index (χ4v) is 18.5. The van der Waals surface area contributed by atoms with E-state index in [9.17, 15) is 4.79 Å². The zero-order valence-electron chi connectivity index (χ0n) is 12.7. The Balaban J connectivity index is 1.94. The van der Waals surface area contributed by atoms with Gasteiger partial charge < -0.3 is 9.55 Å². The van der Waals surface area contributed by atoms with Crippen LogP contribution in [0.2, 0.25) is 38.3 Å². The number of nitrogens with zero attached hydrogens (tertiary/aromatic N) is 2. The molecule has 3 rings (SSSR count). The molecule has 2 atom stereocenters. The van der Waals surface area contributed by atoms with Crippen molar-refractivity contribution in [2.24, 2.45) is 0 Å². The number of amides is 1. The van der Waals surface area contributed by atoms with E-state index in [-0.39, 0.29) is 18.0 Å². The lowest BCUT2D eigenvalue weighted by molar-refractivity contribution is -0.133. The van der Waals surface area contributed by atoms with Crippen LogP contribution < -0.4 is 5.32 Å². The number of hydrogen-bond acceptors (Lipinski definition) is 3. The Hall–Kier alpha value is -0.986. The smallest absolute Gasteiger partial charge is 0.239 e. The zero-order chi connectivity index (χ0) is 14.5. The average molecular weight is 306 g/mol. The van der Waals surface area contributed by atoms with Crippen molar-refractivity contribution in [1.82, 2.24) is 14.5 Å². The minimum absolute atomic E-state index is 0.0238. The summed E-state index contributed by atoms with van der Waals surface area (Å²) >= 11 is 0. The van der Waals surface area contributed by atoms with E-state index in [1.807, 2.05) is 24.4 Å². The third-order valence-corrected chi connectivity index (χ3v) is 15.1. The van der Waals surface area contributed by atoms with Crippen molar-refractivity contribution < 1.29 is 4.79 Å². The molecule has 1 N–H and O–H groups in total. The molecule has 2 aliphatic heterocycles. The maximum atomic E-state index is 12.2. The van der Waals surface area contributed by atoms with E-state index in [0.29, 0.717) is 0 Å². The van der Waals surface area contributed by atoms with Gasteiger partial charge in [0.2, 0.25) is 5.91 Å². The highest BCUT2D eigenvalue weighted by molar-refractivity contribution is 6.95. The zero-order valence-corrected chi connectivity index (χ0v) is 14.7. The molecule has 0 aliphatic carbocycles. The first kappa shape index (κ1) is 14.0. The van der Waals surface area contributed by atoms with Crippen LogP contribution in [0.5, 0.6) is 0 Å². The highest BCUT2D eigenvalue weighted by Gasteiger charge is 2.57. The summed E-state index contributed by atoms with van der Waals surface area (Å²) in [4.78, 5) is 16.7.